The number of benzene rings is 1. The second-order valence-electron chi connectivity index (χ2n) is 9.65. The van der Waals surface area contributed by atoms with Gasteiger partial charge in [0.1, 0.15) is 0 Å². The fraction of sp³-hybridized carbons (Fsp3) is 0.545. The largest absolute Gasteiger partial charge is 0.147 e. The van der Waals surface area contributed by atoms with Crippen LogP contribution in [0.5, 0.6) is 5.75 Å². The molecule has 0 unspecified atom stereocenters. The summed E-state index contributed by atoms with van der Waals surface area (Å²) in [6.45, 7) is 20.1. The average Bonchev–Trinajstić information content (AvgIpc) is 2.92. The van der Waals surface area contributed by atoms with E-state index in [1.807, 2.05) is 0 Å². The van der Waals surface area contributed by atoms with Gasteiger partial charge in [-0.1, -0.05) is 0 Å². The van der Waals surface area contributed by atoms with Crippen molar-refractivity contribution in [1.29, 1.82) is 0 Å². The Morgan fingerprint density at radius 1 is 0.926 bits per heavy atom. The van der Waals surface area contributed by atoms with Gasteiger partial charge in [0, 0.05) is 0 Å². The summed E-state index contributed by atoms with van der Waals surface area (Å²) in [6, 6.07) is 6.82. The van der Waals surface area contributed by atoms with E-state index < -0.39 is 24.2 Å². The first-order valence-corrected chi connectivity index (χ1v) is 16.5. The third-order valence-corrected chi connectivity index (χ3v) is 15.0. The van der Waals surface area contributed by atoms with E-state index in [0.29, 0.717) is 0 Å². The van der Waals surface area contributed by atoms with E-state index in [4.69, 9.17) is 3.32 Å². The van der Waals surface area contributed by atoms with Crippen LogP contribution in [-0.4, -0.2) is 6.66 Å². The van der Waals surface area contributed by atoms with Crippen molar-refractivity contribution in [2.24, 2.45) is 5.41 Å². The van der Waals surface area contributed by atoms with Crippen molar-refractivity contribution in [1.82, 2.24) is 0 Å². The Balaban J connectivity index is 0.00000338. The average molecular weight is 464 g/mol. The molecule has 5 heteroatoms. The van der Waals surface area contributed by atoms with Crippen molar-refractivity contribution in [3.63, 3.8) is 0 Å². The first kappa shape index (κ1) is 27.0. The summed E-state index contributed by atoms with van der Waals surface area (Å²) >= 11 is -1.71. The molecule has 27 heavy (non-hydrogen) atoms. The van der Waals surface area contributed by atoms with Gasteiger partial charge in [0.25, 0.3) is 0 Å². The van der Waals surface area contributed by atoms with Gasteiger partial charge in [0.15, 0.2) is 0 Å². The predicted molar refractivity (Wildman–Crippen MR) is 124 cm³/mol. The summed E-state index contributed by atoms with van der Waals surface area (Å²) in [5.74, 6) is 1.11. The summed E-state index contributed by atoms with van der Waals surface area (Å²) in [5, 5.41) is 0. The van der Waals surface area contributed by atoms with E-state index in [-0.39, 0.29) is 35.6 Å². The van der Waals surface area contributed by atoms with Gasteiger partial charge in [-0.25, -0.2) is 0 Å². The Labute approximate surface area is 187 Å². The minimum absolute atomic E-state index is 0. The standard InChI is InChI=1S/C11H16O.C9H13.C2H7Si.2ClH.Ti/c1-8-5-9(11(2,3)4)7-10(12)6-8;1-9(2,3)8-6-4-5-7-8;1-3-2;;;/h5-7,12H,1-4H3;4,6H,5H2,1-3H3;3H,1-2H3;2*1H;/q;;;;;+1/p-1. The summed E-state index contributed by atoms with van der Waals surface area (Å²) in [6.07, 6.45) is 5.82. The van der Waals surface area contributed by atoms with Crippen LogP contribution in [0.15, 0.2) is 39.8 Å². The van der Waals surface area contributed by atoms with Crippen molar-refractivity contribution < 1.29 is 20.8 Å². The molecular weight excluding hydrogens is 427 g/mol. The van der Waals surface area contributed by atoms with Crippen LogP contribution in [0.4, 0.5) is 0 Å². The van der Waals surface area contributed by atoms with Gasteiger partial charge >= 0.3 is 163 Å². The maximum atomic E-state index is 6.83. The van der Waals surface area contributed by atoms with Crippen molar-refractivity contribution in [3.05, 3.63) is 50.9 Å². The molecule has 0 saturated carbocycles. The van der Waals surface area contributed by atoms with E-state index in [9.17, 15) is 0 Å². The molecule has 0 radical (unpaired) electrons. The molecule has 1 aromatic carbocycles. The van der Waals surface area contributed by atoms with Gasteiger partial charge in [-0.15, -0.1) is 24.8 Å². The molecule has 2 rings (SSSR count). The smallest absolute Gasteiger partial charge is 0.147 e. The molecule has 0 aromatic heterocycles. The van der Waals surface area contributed by atoms with Crippen LogP contribution in [0.3, 0.4) is 0 Å². The van der Waals surface area contributed by atoms with Crippen molar-refractivity contribution in [3.8, 4) is 5.75 Å². The van der Waals surface area contributed by atoms with E-state index in [0.717, 1.165) is 12.2 Å². The van der Waals surface area contributed by atoms with Gasteiger partial charge < -0.3 is 0 Å². The Morgan fingerprint density at radius 3 is 2.00 bits per heavy atom. The van der Waals surface area contributed by atoms with Crippen LogP contribution >= 0.6 is 24.8 Å². The zero-order valence-electron chi connectivity index (χ0n) is 18.4. The van der Waals surface area contributed by atoms with E-state index in [2.05, 4.69) is 91.9 Å². The minimum atomic E-state index is -1.71. The Morgan fingerprint density at radius 2 is 1.52 bits per heavy atom. The van der Waals surface area contributed by atoms with Crippen LogP contribution in [0, 0.1) is 12.3 Å². The maximum absolute atomic E-state index is 6.83. The maximum Gasteiger partial charge on any atom is -0.147 e. The van der Waals surface area contributed by atoms with Crippen LogP contribution in [0.25, 0.3) is 0 Å². The van der Waals surface area contributed by atoms with Crippen molar-refractivity contribution >= 4 is 31.5 Å². The molecule has 153 valence electrons. The van der Waals surface area contributed by atoms with Gasteiger partial charge in [-0.2, -0.15) is 0 Å². The normalized spacial score (nSPS) is 14.1. The number of hydrogen-bond acceptors (Lipinski definition) is 1. The molecule has 0 N–H and O–H groups in total. The number of rotatable bonds is 4. The van der Waals surface area contributed by atoms with Crippen LogP contribution in [-0.2, 0) is 22.9 Å². The fourth-order valence-corrected chi connectivity index (χ4v) is 12.7. The molecule has 0 fully saturated rings. The number of halogens is 2. The van der Waals surface area contributed by atoms with Crippen LogP contribution in [0.1, 0.15) is 59.1 Å². The topological polar surface area (TPSA) is 9.23 Å². The van der Waals surface area contributed by atoms with E-state index in [1.54, 1.807) is 9.45 Å². The molecule has 0 aliphatic heterocycles. The number of allylic oxidation sites excluding steroid dienone is 4. The Bertz CT molecular complexity index is 697. The van der Waals surface area contributed by atoms with Crippen molar-refractivity contribution in [2.45, 2.75) is 73.4 Å². The predicted octanol–water partition coefficient (Wildman–Crippen LogP) is 7.29. The van der Waals surface area contributed by atoms with Gasteiger partial charge in [0.05, 0.1) is 0 Å². The molecular formula is C22H37Cl2OSiTi. The summed E-state index contributed by atoms with van der Waals surface area (Å²) < 4.78 is 8.51. The zero-order chi connectivity index (χ0) is 19.0. The molecule has 0 spiro atoms. The van der Waals surface area contributed by atoms with E-state index >= 15 is 0 Å². The quantitative estimate of drug-likeness (QED) is 0.425. The molecule has 0 saturated heterocycles. The first-order valence-electron chi connectivity index (χ1n) is 9.47. The third kappa shape index (κ3) is 7.08. The minimum Gasteiger partial charge on any atom is -0.147 e. The molecule has 1 nitrogen and oxygen atoms in total. The Kier molecular flexibility index (Phi) is 10.2. The number of hydrogen-bond donors (Lipinski definition) is 0. The summed E-state index contributed by atoms with van der Waals surface area (Å²) in [7, 11) is 0. The fourth-order valence-electron chi connectivity index (χ4n) is 3.34. The third-order valence-electron chi connectivity index (χ3n) is 4.71. The van der Waals surface area contributed by atoms with Crippen molar-refractivity contribution in [2.75, 3.05) is 0 Å². The van der Waals surface area contributed by atoms with Gasteiger partial charge in [-0.3, -0.25) is 0 Å². The summed E-state index contributed by atoms with van der Waals surface area (Å²) in [4.78, 5) is 0. The van der Waals surface area contributed by atoms with Crippen LogP contribution < -0.4 is 3.32 Å². The molecule has 1 aromatic rings. The first-order chi connectivity index (χ1) is 11.4. The monoisotopic (exact) mass is 463 g/mol. The number of aryl methyl sites for hydroxylation is 1. The van der Waals surface area contributed by atoms with E-state index in [1.165, 1.54) is 11.1 Å². The zero-order valence-corrected chi connectivity index (χ0v) is 22.7. The second-order valence-corrected chi connectivity index (χ2v) is 21.9. The molecule has 0 amide bonds. The molecule has 0 bridgehead atoms. The van der Waals surface area contributed by atoms with Gasteiger partial charge in [-0.05, 0) is 0 Å². The molecule has 0 atom stereocenters. The van der Waals surface area contributed by atoms with Gasteiger partial charge in [0.2, 0.25) is 0 Å². The molecule has 0 heterocycles. The Hall–Kier alpha value is 0.0112. The summed E-state index contributed by atoms with van der Waals surface area (Å²) in [5.41, 5.74) is 4.60. The SMILES string of the molecule is Cc1cc([O][Ti]([C]2=C(C(C)(C)C)C=CC2)[SiH](C)C)cc(C(C)(C)C)c1.Cl.Cl. The molecule has 1 aliphatic rings. The molecule has 1 aliphatic carbocycles. The van der Waals surface area contributed by atoms with Crippen LogP contribution in [0.2, 0.25) is 13.1 Å². The second kappa shape index (κ2) is 10.2.